The van der Waals surface area contributed by atoms with Crippen LogP contribution < -0.4 is 10.6 Å². The fourth-order valence-electron chi connectivity index (χ4n) is 2.49. The van der Waals surface area contributed by atoms with E-state index in [-0.39, 0.29) is 11.9 Å². The zero-order chi connectivity index (χ0) is 14.5. The smallest absolute Gasteiger partial charge is 0.220 e. The topological polar surface area (TPSA) is 41.1 Å². The predicted octanol–water partition coefficient (Wildman–Crippen LogP) is 3.70. The Kier molecular flexibility index (Phi) is 5.70. The maximum Gasteiger partial charge on any atom is 0.220 e. The van der Waals surface area contributed by atoms with Gasteiger partial charge in [-0.1, -0.05) is 29.3 Å². The maximum atomic E-state index is 11.9. The number of nitrogens with one attached hydrogen (secondary N) is 2. The molecule has 1 saturated heterocycles. The Morgan fingerprint density at radius 3 is 2.90 bits per heavy atom. The molecule has 2 rings (SSSR count). The van der Waals surface area contributed by atoms with Crippen molar-refractivity contribution in [2.75, 3.05) is 6.54 Å². The molecule has 2 unspecified atom stereocenters. The van der Waals surface area contributed by atoms with Crippen molar-refractivity contribution >= 4 is 29.1 Å². The molecule has 1 aliphatic heterocycles. The number of benzene rings is 1. The maximum absolute atomic E-state index is 11.9. The lowest BCUT2D eigenvalue weighted by Crippen LogP contribution is -2.29. The molecule has 2 atom stereocenters. The molecule has 1 aromatic rings. The number of carbonyl (C=O) groups is 1. The van der Waals surface area contributed by atoms with Gasteiger partial charge in [0, 0.05) is 12.5 Å². The summed E-state index contributed by atoms with van der Waals surface area (Å²) in [5.74, 6) is 0.0808. The quantitative estimate of drug-likeness (QED) is 0.870. The predicted molar refractivity (Wildman–Crippen MR) is 83.3 cm³/mol. The molecule has 1 aromatic carbocycles. The third kappa shape index (κ3) is 4.37. The van der Waals surface area contributed by atoms with Crippen LogP contribution in [0.4, 0.5) is 0 Å². The Labute approximate surface area is 130 Å². The molecule has 0 radical (unpaired) electrons. The van der Waals surface area contributed by atoms with E-state index < -0.39 is 0 Å². The number of amides is 1. The summed E-state index contributed by atoms with van der Waals surface area (Å²) in [6.45, 7) is 3.03. The van der Waals surface area contributed by atoms with Crippen LogP contribution in [0.3, 0.4) is 0 Å². The first-order valence-electron chi connectivity index (χ1n) is 7.04. The summed E-state index contributed by atoms with van der Waals surface area (Å²) < 4.78 is 0. The molecule has 2 N–H and O–H groups in total. The molecule has 5 heteroatoms. The summed E-state index contributed by atoms with van der Waals surface area (Å²) in [4.78, 5) is 11.9. The highest BCUT2D eigenvalue weighted by atomic mass is 35.5. The number of halogens is 2. The second-order valence-electron chi connectivity index (χ2n) is 5.29. The molecule has 1 amide bonds. The van der Waals surface area contributed by atoms with E-state index in [1.54, 1.807) is 12.1 Å². The zero-order valence-electron chi connectivity index (χ0n) is 11.6. The van der Waals surface area contributed by atoms with E-state index >= 15 is 0 Å². The van der Waals surface area contributed by atoms with E-state index in [4.69, 9.17) is 23.2 Å². The van der Waals surface area contributed by atoms with E-state index in [0.717, 1.165) is 18.5 Å². The van der Waals surface area contributed by atoms with Crippen molar-refractivity contribution in [3.63, 3.8) is 0 Å². The van der Waals surface area contributed by atoms with Crippen LogP contribution in [0.15, 0.2) is 18.2 Å². The van der Waals surface area contributed by atoms with Crippen LogP contribution in [0, 0.1) is 0 Å². The van der Waals surface area contributed by atoms with Crippen molar-refractivity contribution in [3.8, 4) is 0 Å². The molecule has 3 nitrogen and oxygen atoms in total. The third-order valence-electron chi connectivity index (χ3n) is 3.70. The van der Waals surface area contributed by atoms with Gasteiger partial charge in [-0.15, -0.1) is 0 Å². The summed E-state index contributed by atoms with van der Waals surface area (Å²) >= 11 is 11.9. The SMILES string of the molecule is CC(NC(=O)CCC1CCCN1)c1ccc(Cl)c(Cl)c1. The second-order valence-corrected chi connectivity index (χ2v) is 6.11. The first-order chi connectivity index (χ1) is 9.56. The molecule has 1 aliphatic rings. The van der Waals surface area contributed by atoms with Gasteiger partial charge in [-0.05, 0) is 50.4 Å². The summed E-state index contributed by atoms with van der Waals surface area (Å²) in [5.41, 5.74) is 0.965. The average molecular weight is 315 g/mol. The van der Waals surface area contributed by atoms with E-state index in [9.17, 15) is 4.79 Å². The van der Waals surface area contributed by atoms with Crippen LogP contribution in [-0.2, 0) is 4.79 Å². The van der Waals surface area contributed by atoms with Gasteiger partial charge in [0.2, 0.25) is 5.91 Å². The van der Waals surface area contributed by atoms with Crippen molar-refractivity contribution in [1.82, 2.24) is 10.6 Å². The average Bonchev–Trinajstić information content (AvgIpc) is 2.92. The molecule has 0 bridgehead atoms. The van der Waals surface area contributed by atoms with Gasteiger partial charge in [-0.2, -0.15) is 0 Å². The first-order valence-corrected chi connectivity index (χ1v) is 7.79. The normalized spacial score (nSPS) is 19.9. The van der Waals surface area contributed by atoms with Crippen molar-refractivity contribution in [2.24, 2.45) is 0 Å². The van der Waals surface area contributed by atoms with Crippen LogP contribution in [0.2, 0.25) is 10.0 Å². The summed E-state index contributed by atoms with van der Waals surface area (Å²) in [7, 11) is 0. The van der Waals surface area contributed by atoms with Crippen molar-refractivity contribution in [2.45, 2.75) is 44.7 Å². The molecule has 0 aromatic heterocycles. The molecular formula is C15H20Cl2N2O. The Morgan fingerprint density at radius 1 is 1.45 bits per heavy atom. The van der Waals surface area contributed by atoms with Gasteiger partial charge in [0.25, 0.3) is 0 Å². The highest BCUT2D eigenvalue weighted by Gasteiger charge is 2.16. The number of hydrogen-bond acceptors (Lipinski definition) is 2. The van der Waals surface area contributed by atoms with Gasteiger partial charge in [0.05, 0.1) is 16.1 Å². The van der Waals surface area contributed by atoms with Crippen LogP contribution in [0.1, 0.15) is 44.2 Å². The van der Waals surface area contributed by atoms with Gasteiger partial charge >= 0.3 is 0 Å². The lowest BCUT2D eigenvalue weighted by Gasteiger charge is -2.16. The lowest BCUT2D eigenvalue weighted by molar-refractivity contribution is -0.121. The monoisotopic (exact) mass is 314 g/mol. The number of hydrogen-bond donors (Lipinski definition) is 2. The minimum Gasteiger partial charge on any atom is -0.350 e. The van der Waals surface area contributed by atoms with Crippen molar-refractivity contribution in [3.05, 3.63) is 33.8 Å². The lowest BCUT2D eigenvalue weighted by atomic mass is 10.1. The molecule has 20 heavy (non-hydrogen) atoms. The Morgan fingerprint density at radius 2 is 2.25 bits per heavy atom. The van der Waals surface area contributed by atoms with Crippen LogP contribution >= 0.6 is 23.2 Å². The van der Waals surface area contributed by atoms with Crippen LogP contribution in [0.5, 0.6) is 0 Å². The summed E-state index contributed by atoms with van der Waals surface area (Å²) in [5, 5.41) is 7.44. The fourth-order valence-corrected chi connectivity index (χ4v) is 2.79. The van der Waals surface area contributed by atoms with Crippen molar-refractivity contribution in [1.29, 1.82) is 0 Å². The van der Waals surface area contributed by atoms with E-state index in [0.29, 0.717) is 22.5 Å². The standard InChI is InChI=1S/C15H20Cl2N2O/c1-10(11-4-6-13(16)14(17)9-11)19-15(20)7-5-12-3-2-8-18-12/h4,6,9-10,12,18H,2-3,5,7-8H2,1H3,(H,19,20). The third-order valence-corrected chi connectivity index (χ3v) is 4.44. The van der Waals surface area contributed by atoms with Crippen LogP contribution in [0.25, 0.3) is 0 Å². The first kappa shape index (κ1) is 15.6. The summed E-state index contributed by atoms with van der Waals surface area (Å²) in [6, 6.07) is 5.88. The highest BCUT2D eigenvalue weighted by Crippen LogP contribution is 2.25. The molecule has 0 spiro atoms. The summed E-state index contributed by atoms with van der Waals surface area (Å²) in [6.07, 6.45) is 3.85. The molecule has 110 valence electrons. The molecule has 1 fully saturated rings. The minimum atomic E-state index is -0.0613. The number of rotatable bonds is 5. The van der Waals surface area contributed by atoms with Gasteiger partial charge < -0.3 is 10.6 Å². The molecular weight excluding hydrogens is 295 g/mol. The Balaban J connectivity index is 1.81. The molecule has 1 heterocycles. The van der Waals surface area contributed by atoms with Gasteiger partial charge in [-0.25, -0.2) is 0 Å². The van der Waals surface area contributed by atoms with Gasteiger partial charge in [0.15, 0.2) is 0 Å². The van der Waals surface area contributed by atoms with E-state index in [1.807, 2.05) is 13.0 Å². The fraction of sp³-hybridized carbons (Fsp3) is 0.533. The van der Waals surface area contributed by atoms with Gasteiger partial charge in [0.1, 0.15) is 0 Å². The van der Waals surface area contributed by atoms with E-state index in [1.165, 1.54) is 12.8 Å². The Hall–Kier alpha value is -0.770. The minimum absolute atomic E-state index is 0.0613. The highest BCUT2D eigenvalue weighted by molar-refractivity contribution is 6.42. The zero-order valence-corrected chi connectivity index (χ0v) is 13.1. The van der Waals surface area contributed by atoms with Gasteiger partial charge in [-0.3, -0.25) is 4.79 Å². The van der Waals surface area contributed by atoms with E-state index in [2.05, 4.69) is 10.6 Å². The Bertz CT molecular complexity index is 473. The largest absolute Gasteiger partial charge is 0.350 e. The molecule has 0 aliphatic carbocycles. The number of carbonyl (C=O) groups excluding carboxylic acids is 1. The molecule has 0 saturated carbocycles. The van der Waals surface area contributed by atoms with Crippen LogP contribution in [-0.4, -0.2) is 18.5 Å². The second kappa shape index (κ2) is 7.30. The van der Waals surface area contributed by atoms with Crippen molar-refractivity contribution < 1.29 is 4.79 Å².